The van der Waals surface area contributed by atoms with Gasteiger partial charge < -0.3 is 24.6 Å². The monoisotopic (exact) mass is 520 g/mol. The van der Waals surface area contributed by atoms with Gasteiger partial charge >= 0.3 is 11.9 Å². The minimum absolute atomic E-state index is 0.0166. The van der Waals surface area contributed by atoms with Gasteiger partial charge in [0, 0.05) is 34.9 Å². The molecule has 1 fully saturated rings. The van der Waals surface area contributed by atoms with Gasteiger partial charge in [-0.05, 0) is 17.5 Å². The van der Waals surface area contributed by atoms with Gasteiger partial charge in [-0.15, -0.1) is 23.1 Å². The van der Waals surface area contributed by atoms with Crippen molar-refractivity contribution in [1.82, 2.24) is 10.2 Å². The van der Waals surface area contributed by atoms with E-state index < -0.39 is 34.9 Å². The molecule has 186 valence electrons. The molecule has 1 unspecified atom stereocenters. The first-order chi connectivity index (χ1) is 16.8. The number of aliphatic carboxylic acids is 1. The first kappa shape index (κ1) is 25.2. The zero-order chi connectivity index (χ0) is 25.2. The van der Waals surface area contributed by atoms with E-state index in [1.807, 2.05) is 30.3 Å². The number of carboxylic acid groups (broad SMARTS) is 1. The summed E-state index contributed by atoms with van der Waals surface area (Å²) in [5.74, 6) is -2.82. The second-order valence-corrected chi connectivity index (χ2v) is 10.2. The number of carboxylic acids is 1. The van der Waals surface area contributed by atoms with Crippen LogP contribution < -0.4 is 5.32 Å². The van der Waals surface area contributed by atoms with E-state index in [0.717, 1.165) is 19.9 Å². The predicted octanol–water partition coefficient (Wildman–Crippen LogP) is 1.74. The van der Waals surface area contributed by atoms with Crippen LogP contribution in [0, 0.1) is 0 Å². The number of β-lactam (4-membered cyclic amide) rings is 1. The van der Waals surface area contributed by atoms with Crippen molar-refractivity contribution < 1.29 is 38.5 Å². The topological polar surface area (TPSA) is 131 Å². The second kappa shape index (κ2) is 10.4. The van der Waals surface area contributed by atoms with Gasteiger partial charge in [-0.25, -0.2) is 4.79 Å². The maximum Gasteiger partial charge on any atom is 0.352 e. The number of hydrogen-bond donors (Lipinski definition) is 2. The molecular weight excluding hydrogens is 496 g/mol. The van der Waals surface area contributed by atoms with Gasteiger partial charge in [0.25, 0.3) is 11.6 Å². The highest BCUT2D eigenvalue weighted by Gasteiger charge is 2.67. The molecule has 1 aromatic heterocycles. The number of benzene rings is 1. The van der Waals surface area contributed by atoms with Gasteiger partial charge in [0.2, 0.25) is 5.91 Å². The molecule has 2 atom stereocenters. The molecule has 10 nitrogen and oxygen atoms in total. The number of esters is 1. The smallest absolute Gasteiger partial charge is 0.352 e. The van der Waals surface area contributed by atoms with Crippen LogP contribution in [-0.2, 0) is 39.8 Å². The first-order valence-corrected chi connectivity index (χ1v) is 12.6. The van der Waals surface area contributed by atoms with Crippen LogP contribution in [-0.4, -0.2) is 77.5 Å². The van der Waals surface area contributed by atoms with E-state index in [1.54, 1.807) is 0 Å². The number of ether oxygens (including phenoxy) is 3. The fraction of sp³-hybridized carbons (Fsp3) is 0.391. The van der Waals surface area contributed by atoms with E-state index in [9.17, 15) is 24.3 Å². The molecule has 35 heavy (non-hydrogen) atoms. The number of carbonyl (C=O) groups is 4. The van der Waals surface area contributed by atoms with Crippen LogP contribution >= 0.6 is 23.1 Å². The second-order valence-electron chi connectivity index (χ2n) is 7.93. The number of fused-ring (bicyclic) bond motifs is 2. The molecule has 0 saturated carbocycles. The molecule has 3 heterocycles. The molecule has 12 heteroatoms. The zero-order valence-electron chi connectivity index (χ0n) is 19.1. The molecule has 2 amide bonds. The van der Waals surface area contributed by atoms with Crippen molar-refractivity contribution >= 4 is 56.9 Å². The maximum absolute atomic E-state index is 13.4. The third kappa shape index (κ3) is 4.92. The number of amides is 2. The van der Waals surface area contributed by atoms with Crippen molar-refractivity contribution in [2.75, 3.05) is 32.7 Å². The van der Waals surface area contributed by atoms with Crippen LogP contribution in [0.25, 0.3) is 10.1 Å². The molecule has 0 spiro atoms. The standard InChI is InChI=1S/C23H24N2O8S2/c1-13(26)32-11-15-12-34-22-23(33-8-7-31-2,21(30)25(22)19(15)20(28)29)24-18(27)10-16-9-14-5-3-4-6-17(14)35-16/h3-6,9,22H,7-8,10-12H2,1-2H3,(H,24,27)(H,28,29)/t22-,23?/m1/s1. The fourth-order valence-corrected chi connectivity index (χ4v) is 6.45. The number of nitrogens with one attached hydrogen (secondary N) is 1. The Morgan fingerprint density at radius 1 is 1.26 bits per heavy atom. The molecule has 4 rings (SSSR count). The number of rotatable bonds is 10. The average molecular weight is 521 g/mol. The minimum atomic E-state index is -1.73. The summed E-state index contributed by atoms with van der Waals surface area (Å²) in [6, 6.07) is 9.70. The van der Waals surface area contributed by atoms with Crippen LogP contribution in [0.2, 0.25) is 0 Å². The number of methoxy groups -OCH3 is 1. The molecule has 0 bridgehead atoms. The van der Waals surface area contributed by atoms with Crippen LogP contribution in [0.15, 0.2) is 41.6 Å². The summed E-state index contributed by atoms with van der Waals surface area (Å²) in [4.78, 5) is 51.5. The lowest BCUT2D eigenvalue weighted by atomic mass is 9.97. The summed E-state index contributed by atoms with van der Waals surface area (Å²) in [7, 11) is 1.48. The van der Waals surface area contributed by atoms with Gasteiger partial charge in [0.05, 0.1) is 19.6 Å². The van der Waals surface area contributed by atoms with E-state index in [2.05, 4.69) is 5.32 Å². The van der Waals surface area contributed by atoms with Gasteiger partial charge in [-0.2, -0.15) is 0 Å². The normalized spacial score (nSPS) is 21.5. The lowest BCUT2D eigenvalue weighted by Crippen LogP contribution is -2.81. The Morgan fingerprint density at radius 2 is 2.03 bits per heavy atom. The lowest BCUT2D eigenvalue weighted by Gasteiger charge is -2.56. The van der Waals surface area contributed by atoms with E-state index >= 15 is 0 Å². The maximum atomic E-state index is 13.4. The largest absolute Gasteiger partial charge is 0.477 e. The molecule has 0 aliphatic carbocycles. The number of carbonyl (C=O) groups excluding carboxylic acids is 3. The predicted molar refractivity (Wildman–Crippen MR) is 129 cm³/mol. The number of nitrogens with zero attached hydrogens (tertiary/aromatic N) is 1. The molecule has 2 aliphatic heterocycles. The quantitative estimate of drug-likeness (QED) is 0.208. The van der Waals surface area contributed by atoms with E-state index in [4.69, 9.17) is 14.2 Å². The van der Waals surface area contributed by atoms with Crippen molar-refractivity contribution in [3.05, 3.63) is 46.5 Å². The third-order valence-corrected chi connectivity index (χ3v) is 8.01. The van der Waals surface area contributed by atoms with Gasteiger partial charge in [-0.3, -0.25) is 19.3 Å². The Labute approximate surface area is 209 Å². The summed E-state index contributed by atoms with van der Waals surface area (Å²) >= 11 is 2.72. The average Bonchev–Trinajstić information content (AvgIpc) is 3.23. The fourth-order valence-electron chi connectivity index (χ4n) is 3.99. The highest BCUT2D eigenvalue weighted by atomic mass is 32.2. The Balaban J connectivity index is 1.57. The summed E-state index contributed by atoms with van der Waals surface area (Å²) in [5, 5.41) is 12.8. The molecular formula is C23H24N2O8S2. The zero-order valence-corrected chi connectivity index (χ0v) is 20.7. The number of thiophene rings is 1. The van der Waals surface area contributed by atoms with Crippen LogP contribution in [0.5, 0.6) is 0 Å². The van der Waals surface area contributed by atoms with Gasteiger partial charge in [0.15, 0.2) is 0 Å². The minimum Gasteiger partial charge on any atom is -0.477 e. The van der Waals surface area contributed by atoms with E-state index in [1.165, 1.54) is 37.1 Å². The van der Waals surface area contributed by atoms with Crippen LogP contribution in [0.3, 0.4) is 0 Å². The third-order valence-electron chi connectivity index (χ3n) is 5.52. The molecule has 1 aromatic carbocycles. The summed E-state index contributed by atoms with van der Waals surface area (Å²) < 4.78 is 16.9. The molecule has 2 N–H and O–H groups in total. The summed E-state index contributed by atoms with van der Waals surface area (Å²) in [6.45, 7) is 1.17. The molecule has 2 aliphatic rings. The summed E-state index contributed by atoms with van der Waals surface area (Å²) in [5.41, 5.74) is -1.70. The lowest BCUT2D eigenvalue weighted by molar-refractivity contribution is -0.200. The van der Waals surface area contributed by atoms with Crippen LogP contribution in [0.4, 0.5) is 0 Å². The van der Waals surface area contributed by atoms with Crippen molar-refractivity contribution in [3.8, 4) is 0 Å². The van der Waals surface area contributed by atoms with E-state index in [0.29, 0.717) is 5.57 Å². The van der Waals surface area contributed by atoms with Crippen molar-refractivity contribution in [3.63, 3.8) is 0 Å². The highest BCUT2D eigenvalue weighted by molar-refractivity contribution is 8.00. The van der Waals surface area contributed by atoms with Gasteiger partial charge in [0.1, 0.15) is 17.7 Å². The van der Waals surface area contributed by atoms with Crippen molar-refractivity contribution in [2.24, 2.45) is 0 Å². The summed E-state index contributed by atoms with van der Waals surface area (Å²) in [6.07, 6.45) is 0.0404. The number of hydrogen-bond acceptors (Lipinski definition) is 9. The molecule has 0 radical (unpaired) electrons. The first-order valence-electron chi connectivity index (χ1n) is 10.7. The Hall–Kier alpha value is -2.93. The van der Waals surface area contributed by atoms with E-state index in [-0.39, 0.29) is 37.7 Å². The highest BCUT2D eigenvalue weighted by Crippen LogP contribution is 2.47. The Bertz CT molecular complexity index is 1180. The molecule has 1 saturated heterocycles. The van der Waals surface area contributed by atoms with Crippen LogP contribution in [0.1, 0.15) is 11.8 Å². The number of thioether (sulfide) groups is 1. The SMILES string of the molecule is COCCOC1(NC(=O)Cc2cc3ccccc3s2)C(=O)N2C(C(=O)O)=C(COC(C)=O)CS[C@@H]21. The Kier molecular flexibility index (Phi) is 7.45. The van der Waals surface area contributed by atoms with Gasteiger partial charge in [-0.1, -0.05) is 18.2 Å². The van der Waals surface area contributed by atoms with Crippen molar-refractivity contribution in [1.29, 1.82) is 0 Å². The van der Waals surface area contributed by atoms with Crippen molar-refractivity contribution in [2.45, 2.75) is 24.4 Å². The molecule has 2 aromatic rings. The Morgan fingerprint density at radius 3 is 2.71 bits per heavy atom.